The van der Waals surface area contributed by atoms with Crippen molar-refractivity contribution in [3.05, 3.63) is 0 Å². The normalized spacial score (nSPS) is 0.750. The summed E-state index contributed by atoms with van der Waals surface area (Å²) in [7, 11) is 0. The molecule has 0 aliphatic rings. The second-order valence-corrected chi connectivity index (χ2v) is 0. The quantitative estimate of drug-likeness (QED) is 0.591. The van der Waals surface area contributed by atoms with Gasteiger partial charge in [0.25, 0.3) is 0 Å². The molecule has 0 spiro atoms. The van der Waals surface area contributed by atoms with Gasteiger partial charge in [0.15, 0.2) is 0 Å². The second-order valence-electron chi connectivity index (χ2n) is 0. The third-order valence-electron chi connectivity index (χ3n) is 0. The molecule has 0 N–H and O–H groups in total. The van der Waals surface area contributed by atoms with Gasteiger partial charge in [0.2, 0.25) is 0 Å². The first-order valence-electron chi connectivity index (χ1n) is 0.204. The summed E-state index contributed by atoms with van der Waals surface area (Å²) in [6.45, 7) is 0. The molecule has 0 aromatic heterocycles. The molecule has 0 rings (SSSR count). The number of halogens is 2. The van der Waals surface area contributed by atoms with E-state index < -0.39 is 0 Å². The van der Waals surface area contributed by atoms with Gasteiger partial charge in [-0.1, -0.05) is 0 Å². The van der Waals surface area contributed by atoms with Crippen LogP contribution in [0.1, 0.15) is 0 Å². The molecule has 0 radical (unpaired) electrons. The van der Waals surface area contributed by atoms with E-state index in [0.717, 1.165) is 0 Å². The van der Waals surface area contributed by atoms with Crippen molar-refractivity contribution in [3.63, 3.8) is 0 Å². The van der Waals surface area contributed by atoms with Crippen LogP contribution in [0.25, 0.3) is 0 Å². The SMILES string of the molecule is Cl.Cl.[O]=[Hf]. The summed E-state index contributed by atoms with van der Waals surface area (Å²) >= 11 is 0.0556. The molecule has 0 aromatic rings. The van der Waals surface area contributed by atoms with Gasteiger partial charge in [0.05, 0.1) is 0 Å². The van der Waals surface area contributed by atoms with Crippen molar-refractivity contribution in [3.8, 4) is 0 Å². The molecule has 0 heterocycles. The Bertz CT molecular complexity index is 6.00. The summed E-state index contributed by atoms with van der Waals surface area (Å²) in [5.74, 6) is 0. The van der Waals surface area contributed by atoms with Gasteiger partial charge in [0, 0.05) is 0 Å². The molecule has 0 fully saturated rings. The van der Waals surface area contributed by atoms with E-state index >= 15 is 0 Å². The van der Waals surface area contributed by atoms with Crippen LogP contribution < -0.4 is 0 Å². The fraction of sp³-hybridized carbons (Fsp3) is 0. The van der Waals surface area contributed by atoms with Gasteiger partial charge in [0.1, 0.15) is 0 Å². The van der Waals surface area contributed by atoms with Crippen LogP contribution in [-0.4, -0.2) is 0 Å². The molecule has 0 amide bonds. The molecule has 0 aliphatic heterocycles. The third kappa shape index (κ3) is 10.5. The molecule has 0 aromatic carbocycles. The fourth-order valence-electron chi connectivity index (χ4n) is 0. The number of hydrogen-bond donors (Lipinski definition) is 0. The van der Waals surface area contributed by atoms with Crippen LogP contribution in [0.4, 0.5) is 0 Å². The summed E-state index contributed by atoms with van der Waals surface area (Å²) in [4.78, 5) is 0. The average Bonchev–Trinajstić information content (AvgIpc) is 1.00. The van der Waals surface area contributed by atoms with E-state index in [9.17, 15) is 0 Å². The average molecular weight is 267 g/mol. The maximum atomic E-state index is 8.39. The van der Waals surface area contributed by atoms with Gasteiger partial charge in [-0.25, -0.2) is 0 Å². The Labute approximate surface area is 52.0 Å². The molecule has 1 nitrogen and oxygen atoms in total. The number of rotatable bonds is 0. The predicted molar refractivity (Wildman–Crippen MR) is 15.2 cm³/mol. The third-order valence-corrected chi connectivity index (χ3v) is 0. The maximum absolute atomic E-state index is 8.39. The van der Waals surface area contributed by atoms with Crippen LogP contribution >= 0.6 is 24.8 Å². The summed E-state index contributed by atoms with van der Waals surface area (Å²) in [5.41, 5.74) is 0. The van der Waals surface area contributed by atoms with Crippen molar-refractivity contribution in [2.45, 2.75) is 0 Å². The first kappa shape index (κ1) is 18.7. The van der Waals surface area contributed by atoms with Gasteiger partial charge >= 0.3 is 27.2 Å². The molecule has 0 atom stereocenters. The molecule has 0 unspecified atom stereocenters. The van der Waals surface area contributed by atoms with E-state index in [1.165, 1.54) is 0 Å². The first-order valence-corrected chi connectivity index (χ1v) is 1.67. The van der Waals surface area contributed by atoms with Gasteiger partial charge in [-0.15, -0.1) is 24.8 Å². The monoisotopic (exact) mass is 268 g/mol. The molecule has 4 heavy (non-hydrogen) atoms. The first-order chi connectivity index (χ1) is 1.00. The van der Waals surface area contributed by atoms with Crippen molar-refractivity contribution < 1.29 is 27.2 Å². The topological polar surface area (TPSA) is 17.1 Å². The van der Waals surface area contributed by atoms with Crippen LogP contribution in [0.3, 0.4) is 0 Å². The van der Waals surface area contributed by atoms with Crippen LogP contribution in [0.5, 0.6) is 0 Å². The molecule has 26 valence electrons. The summed E-state index contributed by atoms with van der Waals surface area (Å²) < 4.78 is 8.39. The summed E-state index contributed by atoms with van der Waals surface area (Å²) in [6.07, 6.45) is 0. The van der Waals surface area contributed by atoms with Crippen LogP contribution in [0.2, 0.25) is 0 Å². The molecule has 0 saturated heterocycles. The van der Waals surface area contributed by atoms with E-state index in [4.69, 9.17) is 2.85 Å². The molecule has 0 aliphatic carbocycles. The Kier molecular flexibility index (Phi) is 135. The van der Waals surface area contributed by atoms with Crippen LogP contribution in [0, 0.1) is 0 Å². The molecule has 0 bridgehead atoms. The van der Waals surface area contributed by atoms with E-state index in [2.05, 4.69) is 0 Å². The zero-order valence-corrected chi connectivity index (χ0v) is 6.95. The van der Waals surface area contributed by atoms with Crippen molar-refractivity contribution in [1.29, 1.82) is 0 Å². The van der Waals surface area contributed by atoms with Gasteiger partial charge < -0.3 is 0 Å². The van der Waals surface area contributed by atoms with Gasteiger partial charge in [-0.3, -0.25) is 0 Å². The Balaban J connectivity index is -0.00000000500. The zero-order chi connectivity index (χ0) is 2.00. The van der Waals surface area contributed by atoms with E-state index in [-0.39, 0.29) is 49.2 Å². The standard InChI is InChI=1S/2ClH.Hf.O/h2*1H;;. The van der Waals surface area contributed by atoms with E-state index in [1.807, 2.05) is 0 Å². The molecular formula is H2Cl2HfO. The predicted octanol–water partition coefficient (Wildman–Crippen LogP) is 0.722. The van der Waals surface area contributed by atoms with Gasteiger partial charge in [-0.05, 0) is 0 Å². The van der Waals surface area contributed by atoms with Crippen molar-refractivity contribution in [2.24, 2.45) is 0 Å². The molecular weight excluding hydrogens is 265 g/mol. The Morgan fingerprint density at radius 3 is 1.00 bits per heavy atom. The summed E-state index contributed by atoms with van der Waals surface area (Å²) in [6, 6.07) is 0. The molecule has 0 saturated carbocycles. The second kappa shape index (κ2) is 28.7. The van der Waals surface area contributed by atoms with Crippen molar-refractivity contribution in [2.75, 3.05) is 0 Å². The zero-order valence-electron chi connectivity index (χ0n) is 1.72. The van der Waals surface area contributed by atoms with Crippen LogP contribution in [0.15, 0.2) is 0 Å². The van der Waals surface area contributed by atoms with E-state index in [0.29, 0.717) is 0 Å². The Morgan fingerprint density at radius 1 is 1.00 bits per heavy atom. The minimum absolute atomic E-state index is 0. The summed E-state index contributed by atoms with van der Waals surface area (Å²) in [5, 5.41) is 0. The van der Waals surface area contributed by atoms with Crippen LogP contribution in [-0.2, 0) is 27.2 Å². The van der Waals surface area contributed by atoms with E-state index in [1.54, 1.807) is 0 Å². The fourth-order valence-corrected chi connectivity index (χ4v) is 0. The number of hydrogen-bond acceptors (Lipinski definition) is 1. The van der Waals surface area contributed by atoms with Crippen molar-refractivity contribution in [1.82, 2.24) is 0 Å². The molecule has 4 heteroatoms. The Morgan fingerprint density at radius 2 is 1.00 bits per heavy atom. The van der Waals surface area contributed by atoms with Gasteiger partial charge in [-0.2, -0.15) is 0 Å². The Hall–Kier alpha value is 1.25. The minimum atomic E-state index is 0. The van der Waals surface area contributed by atoms with Crippen molar-refractivity contribution >= 4 is 24.8 Å².